The van der Waals surface area contributed by atoms with Crippen LogP contribution in [0.1, 0.15) is 21.9 Å². The lowest BCUT2D eigenvalue weighted by Crippen LogP contribution is -2.25. The first kappa shape index (κ1) is 26.0. The van der Waals surface area contributed by atoms with Gasteiger partial charge in [-0.25, -0.2) is 27.3 Å². The van der Waals surface area contributed by atoms with Crippen LogP contribution >= 0.6 is 0 Å². The van der Waals surface area contributed by atoms with Gasteiger partial charge in [0.05, 0.1) is 17.8 Å². The molecule has 0 atom stereocenters. The highest BCUT2D eigenvalue weighted by Gasteiger charge is 2.22. The number of carbonyl (C=O) groups is 2. The minimum atomic E-state index is -3.79. The molecule has 0 fully saturated rings. The topological polar surface area (TPSA) is 163 Å². The van der Waals surface area contributed by atoms with Crippen LogP contribution in [0.3, 0.4) is 0 Å². The van der Waals surface area contributed by atoms with Gasteiger partial charge in [0.25, 0.3) is 5.91 Å². The summed E-state index contributed by atoms with van der Waals surface area (Å²) in [5, 5.41) is 24.5. The molecule has 0 saturated heterocycles. The molecule has 2 N–H and O–H groups in total. The Labute approximate surface area is 216 Å². The number of hydrogen-bond acceptors (Lipinski definition) is 7. The number of sulfone groups is 1. The lowest BCUT2D eigenvalue weighted by atomic mass is 10.2. The molecule has 0 radical (unpaired) electrons. The number of nitrogens with zero attached hydrogens (tertiary/aromatic N) is 6. The van der Waals surface area contributed by atoms with E-state index in [0.717, 1.165) is 34.0 Å². The SMILES string of the molecule is CN(Cc1nccn1-c1ccc(NC(=O)c2cc(S(C)(=O)=O)nn2-c2ccc(F)c(C#N)c2)cc1)C(=O)O. The van der Waals surface area contributed by atoms with E-state index in [1.54, 1.807) is 41.1 Å². The van der Waals surface area contributed by atoms with Gasteiger partial charge in [0, 0.05) is 43.1 Å². The minimum absolute atomic E-state index is 0.0599. The first-order valence-corrected chi connectivity index (χ1v) is 12.8. The summed E-state index contributed by atoms with van der Waals surface area (Å²) in [6.45, 7) is 0.0599. The average Bonchev–Trinajstić information content (AvgIpc) is 3.52. The van der Waals surface area contributed by atoms with Crippen LogP contribution in [0, 0.1) is 17.1 Å². The molecule has 0 saturated carbocycles. The molecule has 194 valence electrons. The number of anilines is 1. The molecule has 2 heterocycles. The van der Waals surface area contributed by atoms with Crippen molar-refractivity contribution >= 4 is 27.5 Å². The molecule has 2 aromatic heterocycles. The number of aromatic nitrogens is 4. The highest BCUT2D eigenvalue weighted by molar-refractivity contribution is 7.90. The molecule has 2 aromatic carbocycles. The molecule has 4 rings (SSSR count). The van der Waals surface area contributed by atoms with Crippen molar-refractivity contribution in [1.82, 2.24) is 24.2 Å². The number of hydrogen-bond donors (Lipinski definition) is 2. The van der Waals surface area contributed by atoms with Gasteiger partial charge < -0.3 is 19.9 Å². The molecule has 14 heteroatoms. The molecule has 0 unspecified atom stereocenters. The molecule has 0 aliphatic rings. The number of imidazole rings is 1. The van der Waals surface area contributed by atoms with Crippen molar-refractivity contribution in [3.8, 4) is 17.4 Å². The maximum Gasteiger partial charge on any atom is 0.407 e. The number of carbonyl (C=O) groups excluding carboxylic acids is 1. The summed E-state index contributed by atoms with van der Waals surface area (Å²) in [6, 6.07) is 12.8. The summed E-state index contributed by atoms with van der Waals surface area (Å²) in [6.07, 6.45) is 3.04. The third kappa shape index (κ3) is 5.37. The summed E-state index contributed by atoms with van der Waals surface area (Å²) in [5.41, 5.74) is 0.702. The van der Waals surface area contributed by atoms with Crippen molar-refractivity contribution in [3.05, 3.63) is 83.8 Å². The molecule has 12 nitrogen and oxygen atoms in total. The second kappa shape index (κ2) is 10.1. The molecular formula is C24H20FN7O5S. The number of amides is 2. The molecule has 38 heavy (non-hydrogen) atoms. The third-order valence-corrected chi connectivity index (χ3v) is 6.40. The quantitative estimate of drug-likeness (QED) is 0.363. The molecular weight excluding hydrogens is 517 g/mol. The Hall–Kier alpha value is -5.03. The van der Waals surface area contributed by atoms with Crippen LogP contribution in [0.25, 0.3) is 11.4 Å². The van der Waals surface area contributed by atoms with Gasteiger partial charge in [0.15, 0.2) is 14.9 Å². The lowest BCUT2D eigenvalue weighted by Gasteiger charge is -2.14. The third-order valence-electron chi connectivity index (χ3n) is 5.44. The first-order valence-electron chi connectivity index (χ1n) is 10.9. The average molecular weight is 538 g/mol. The van der Waals surface area contributed by atoms with E-state index in [-0.39, 0.29) is 28.5 Å². The van der Waals surface area contributed by atoms with E-state index >= 15 is 0 Å². The molecule has 2 amide bonds. The number of carboxylic acid groups (broad SMARTS) is 1. The monoisotopic (exact) mass is 537 g/mol. The molecule has 0 aliphatic carbocycles. The molecule has 0 aliphatic heterocycles. The van der Waals surface area contributed by atoms with Crippen molar-refractivity contribution in [3.63, 3.8) is 0 Å². The van der Waals surface area contributed by atoms with Gasteiger partial charge in [0.2, 0.25) is 0 Å². The van der Waals surface area contributed by atoms with Gasteiger partial charge in [-0.2, -0.15) is 10.4 Å². The standard InChI is InChI=1S/C24H20FN7O5S/c1-30(24(34)35)14-21-27-9-10-31(21)17-5-3-16(4-6-17)28-23(33)20-12-22(38(2,36)37)29-32(20)18-7-8-19(25)15(11-18)13-26/h3-12H,14H2,1-2H3,(H,28,33)(H,34,35). The Morgan fingerprint density at radius 2 is 1.84 bits per heavy atom. The summed E-state index contributed by atoms with van der Waals surface area (Å²) < 4.78 is 40.8. The zero-order chi connectivity index (χ0) is 27.6. The summed E-state index contributed by atoms with van der Waals surface area (Å²) in [4.78, 5) is 29.5. The number of benzene rings is 2. The van der Waals surface area contributed by atoms with Gasteiger partial charge in [-0.1, -0.05) is 0 Å². The van der Waals surface area contributed by atoms with E-state index in [0.29, 0.717) is 17.2 Å². The normalized spacial score (nSPS) is 11.1. The van der Waals surface area contributed by atoms with Crippen molar-refractivity contribution in [2.75, 3.05) is 18.6 Å². The van der Waals surface area contributed by atoms with Crippen LogP contribution < -0.4 is 5.32 Å². The minimum Gasteiger partial charge on any atom is -0.465 e. The Morgan fingerprint density at radius 3 is 2.47 bits per heavy atom. The van der Waals surface area contributed by atoms with Crippen molar-refractivity contribution in [1.29, 1.82) is 5.26 Å². The van der Waals surface area contributed by atoms with Crippen LogP contribution in [0.15, 0.2) is 66.0 Å². The second-order valence-corrected chi connectivity index (χ2v) is 10.1. The van der Waals surface area contributed by atoms with E-state index < -0.39 is 27.7 Å². The highest BCUT2D eigenvalue weighted by atomic mass is 32.2. The van der Waals surface area contributed by atoms with Crippen molar-refractivity contribution in [2.24, 2.45) is 0 Å². The van der Waals surface area contributed by atoms with Gasteiger partial charge in [0.1, 0.15) is 23.4 Å². The fraction of sp³-hybridized carbons (Fsp3) is 0.125. The van der Waals surface area contributed by atoms with E-state index in [1.165, 1.54) is 19.3 Å². The second-order valence-electron chi connectivity index (χ2n) is 8.18. The Morgan fingerprint density at radius 1 is 1.16 bits per heavy atom. The zero-order valence-corrected chi connectivity index (χ0v) is 20.8. The Balaban J connectivity index is 1.62. The zero-order valence-electron chi connectivity index (χ0n) is 20.0. The van der Waals surface area contributed by atoms with Crippen molar-refractivity contribution < 1.29 is 27.5 Å². The fourth-order valence-corrected chi connectivity index (χ4v) is 4.05. The summed E-state index contributed by atoms with van der Waals surface area (Å²) >= 11 is 0. The van der Waals surface area contributed by atoms with Gasteiger partial charge in [-0.15, -0.1) is 0 Å². The first-order chi connectivity index (χ1) is 18.0. The van der Waals surface area contributed by atoms with Crippen LogP contribution in [0.2, 0.25) is 0 Å². The van der Waals surface area contributed by atoms with E-state index in [4.69, 9.17) is 10.4 Å². The number of nitrogens with one attached hydrogen (secondary N) is 1. The Kier molecular flexibility index (Phi) is 6.96. The van der Waals surface area contributed by atoms with E-state index in [9.17, 15) is 22.4 Å². The van der Waals surface area contributed by atoms with Crippen molar-refractivity contribution in [2.45, 2.75) is 11.6 Å². The smallest absolute Gasteiger partial charge is 0.407 e. The largest absolute Gasteiger partial charge is 0.465 e. The van der Waals surface area contributed by atoms with E-state index in [2.05, 4.69) is 15.4 Å². The predicted octanol–water partition coefficient (Wildman–Crippen LogP) is 2.83. The molecule has 4 aromatic rings. The molecule has 0 spiro atoms. The van der Waals surface area contributed by atoms with E-state index in [1.807, 2.05) is 0 Å². The maximum absolute atomic E-state index is 13.8. The summed E-state index contributed by atoms with van der Waals surface area (Å²) in [5.74, 6) is -0.984. The van der Waals surface area contributed by atoms with Crippen LogP contribution in [0.4, 0.5) is 14.9 Å². The number of nitriles is 1. The van der Waals surface area contributed by atoms with Gasteiger partial charge in [-0.3, -0.25) is 4.79 Å². The number of halogens is 1. The number of rotatable bonds is 7. The van der Waals surface area contributed by atoms with Gasteiger partial charge >= 0.3 is 6.09 Å². The van der Waals surface area contributed by atoms with Crippen LogP contribution in [-0.4, -0.2) is 63.1 Å². The van der Waals surface area contributed by atoms with Gasteiger partial charge in [-0.05, 0) is 42.5 Å². The Bertz CT molecular complexity index is 1690. The lowest BCUT2D eigenvalue weighted by molar-refractivity contribution is 0.101. The van der Waals surface area contributed by atoms with Crippen LogP contribution in [-0.2, 0) is 16.4 Å². The van der Waals surface area contributed by atoms with Crippen LogP contribution in [0.5, 0.6) is 0 Å². The molecule has 0 bridgehead atoms. The summed E-state index contributed by atoms with van der Waals surface area (Å²) in [7, 11) is -2.37. The fourth-order valence-electron chi connectivity index (χ4n) is 3.50. The maximum atomic E-state index is 13.8. The highest BCUT2D eigenvalue weighted by Crippen LogP contribution is 2.21. The predicted molar refractivity (Wildman–Crippen MR) is 132 cm³/mol.